The molecule has 1 amide bonds. The van der Waals surface area contributed by atoms with Crippen molar-refractivity contribution in [2.24, 2.45) is 14.1 Å². The summed E-state index contributed by atoms with van der Waals surface area (Å²) in [7, 11) is 2.95. The van der Waals surface area contributed by atoms with Crippen molar-refractivity contribution in [2.75, 3.05) is 13.1 Å². The zero-order valence-electron chi connectivity index (χ0n) is 13.9. The summed E-state index contributed by atoms with van der Waals surface area (Å²) in [6.07, 6.45) is 1.94. The van der Waals surface area contributed by atoms with Gasteiger partial charge in [0.05, 0.1) is 5.39 Å². The Morgan fingerprint density at radius 2 is 1.96 bits per heavy atom. The van der Waals surface area contributed by atoms with Gasteiger partial charge in [0.2, 0.25) is 0 Å². The molecule has 8 nitrogen and oxygen atoms in total. The second-order valence-electron chi connectivity index (χ2n) is 5.79. The van der Waals surface area contributed by atoms with Crippen LogP contribution < -0.4 is 21.9 Å². The van der Waals surface area contributed by atoms with Crippen LogP contribution in [0, 0.1) is 0 Å². The fourth-order valence-electron chi connectivity index (χ4n) is 2.81. The minimum absolute atomic E-state index is 0. The van der Waals surface area contributed by atoms with Crippen molar-refractivity contribution in [3.63, 3.8) is 0 Å². The zero-order chi connectivity index (χ0) is 16.6. The molecule has 0 bridgehead atoms. The van der Waals surface area contributed by atoms with Crippen molar-refractivity contribution >= 4 is 41.8 Å². The maximum Gasteiger partial charge on any atom is 0.332 e. The van der Waals surface area contributed by atoms with Crippen LogP contribution in [0.15, 0.2) is 21.7 Å². The van der Waals surface area contributed by atoms with Gasteiger partial charge in [0.25, 0.3) is 11.5 Å². The Morgan fingerprint density at radius 1 is 1.24 bits per heavy atom. The third kappa shape index (κ3) is 4.02. The number of piperidine rings is 1. The summed E-state index contributed by atoms with van der Waals surface area (Å²) in [5.74, 6) is -0.297. The minimum Gasteiger partial charge on any atom is -0.347 e. The van der Waals surface area contributed by atoms with Crippen molar-refractivity contribution in [1.82, 2.24) is 24.8 Å². The number of carbonyl (C=O) groups excluding carboxylic acids is 1. The monoisotopic (exact) mass is 389 g/mol. The van der Waals surface area contributed by atoms with Gasteiger partial charge in [0, 0.05) is 26.7 Å². The molecule has 0 saturated carbocycles. The molecule has 0 aliphatic carbocycles. The molecule has 2 aromatic rings. The molecule has 1 fully saturated rings. The van der Waals surface area contributed by atoms with E-state index in [1.807, 2.05) is 0 Å². The first kappa shape index (κ1) is 21.1. The Morgan fingerprint density at radius 3 is 2.60 bits per heavy atom. The van der Waals surface area contributed by atoms with Crippen LogP contribution >= 0.6 is 24.8 Å². The van der Waals surface area contributed by atoms with Gasteiger partial charge in [-0.05, 0) is 31.5 Å². The zero-order valence-corrected chi connectivity index (χ0v) is 15.6. The predicted octanol–water partition coefficient (Wildman–Crippen LogP) is -0.0424. The highest BCUT2D eigenvalue weighted by molar-refractivity contribution is 5.94. The third-order valence-corrected chi connectivity index (χ3v) is 4.17. The van der Waals surface area contributed by atoms with Gasteiger partial charge in [-0.2, -0.15) is 0 Å². The van der Waals surface area contributed by atoms with Crippen molar-refractivity contribution in [1.29, 1.82) is 0 Å². The molecule has 25 heavy (non-hydrogen) atoms. The molecule has 0 radical (unpaired) electrons. The molecule has 10 heteroatoms. The van der Waals surface area contributed by atoms with Crippen LogP contribution in [0.4, 0.5) is 0 Å². The Kier molecular flexibility index (Phi) is 7.16. The summed E-state index contributed by atoms with van der Waals surface area (Å²) in [6, 6.07) is 3.12. The fourth-order valence-corrected chi connectivity index (χ4v) is 2.81. The lowest BCUT2D eigenvalue weighted by molar-refractivity contribution is 0.0926. The number of halogens is 2. The summed E-state index contributed by atoms with van der Waals surface area (Å²) >= 11 is 0. The number of hydrogen-bond donors (Lipinski definition) is 2. The number of carbonyl (C=O) groups is 1. The number of fused-ring (bicyclic) bond motifs is 1. The first-order chi connectivity index (χ1) is 11.0. The molecule has 0 unspecified atom stereocenters. The number of hydrogen-bond acceptors (Lipinski definition) is 5. The summed E-state index contributed by atoms with van der Waals surface area (Å²) in [4.78, 5) is 40.6. The van der Waals surface area contributed by atoms with Crippen LogP contribution in [-0.4, -0.2) is 39.2 Å². The van der Waals surface area contributed by atoms with Gasteiger partial charge < -0.3 is 10.6 Å². The highest BCUT2D eigenvalue weighted by atomic mass is 35.5. The Balaban J connectivity index is 0.00000156. The van der Waals surface area contributed by atoms with E-state index in [0.717, 1.165) is 30.5 Å². The molecule has 2 aromatic heterocycles. The topological polar surface area (TPSA) is 98.0 Å². The van der Waals surface area contributed by atoms with Crippen LogP contribution in [0.5, 0.6) is 0 Å². The number of amides is 1. The first-order valence-electron chi connectivity index (χ1n) is 7.57. The van der Waals surface area contributed by atoms with Crippen molar-refractivity contribution in [3.8, 4) is 0 Å². The molecule has 138 valence electrons. The van der Waals surface area contributed by atoms with E-state index in [1.54, 1.807) is 0 Å². The predicted molar refractivity (Wildman–Crippen MR) is 100 cm³/mol. The Bertz CT molecular complexity index is 887. The second kappa shape index (κ2) is 8.46. The molecule has 0 spiro atoms. The van der Waals surface area contributed by atoms with Crippen LogP contribution in [0.3, 0.4) is 0 Å². The Labute approximate surface area is 156 Å². The maximum absolute atomic E-state index is 12.3. The van der Waals surface area contributed by atoms with E-state index in [9.17, 15) is 14.4 Å². The quantitative estimate of drug-likeness (QED) is 0.750. The number of rotatable bonds is 2. The van der Waals surface area contributed by atoms with E-state index in [-0.39, 0.29) is 48.1 Å². The van der Waals surface area contributed by atoms with E-state index in [1.165, 1.54) is 30.8 Å². The molecule has 1 aliphatic rings. The summed E-state index contributed by atoms with van der Waals surface area (Å²) in [5.41, 5.74) is -0.470. The number of pyridine rings is 1. The molecule has 1 saturated heterocycles. The number of nitrogens with zero attached hydrogens (tertiary/aromatic N) is 3. The van der Waals surface area contributed by atoms with E-state index < -0.39 is 11.2 Å². The van der Waals surface area contributed by atoms with E-state index >= 15 is 0 Å². The Hall–Kier alpha value is -1.90. The third-order valence-electron chi connectivity index (χ3n) is 4.17. The van der Waals surface area contributed by atoms with Gasteiger partial charge in [-0.1, -0.05) is 0 Å². The van der Waals surface area contributed by atoms with Crippen LogP contribution in [0.25, 0.3) is 11.0 Å². The van der Waals surface area contributed by atoms with Gasteiger partial charge in [-0.3, -0.25) is 18.7 Å². The lowest BCUT2D eigenvalue weighted by Crippen LogP contribution is -2.45. The van der Waals surface area contributed by atoms with Crippen LogP contribution in [-0.2, 0) is 14.1 Å². The van der Waals surface area contributed by atoms with Crippen molar-refractivity contribution in [3.05, 3.63) is 38.7 Å². The lowest BCUT2D eigenvalue weighted by atomic mass is 10.1. The standard InChI is InChI=1S/C15H19N5O3.2ClH/c1-19-12-10(14(22)20(2)15(19)23)5-6-11(18-12)13(21)17-9-4-3-7-16-8-9;;/h5-6,9,16H,3-4,7-8H2,1-2H3,(H,17,21);2*1H/t9-;;/m0../s1. The molecule has 2 N–H and O–H groups in total. The summed E-state index contributed by atoms with van der Waals surface area (Å²) in [6.45, 7) is 1.70. The molecular weight excluding hydrogens is 369 g/mol. The van der Waals surface area contributed by atoms with E-state index in [0.29, 0.717) is 5.39 Å². The number of aryl methyl sites for hydroxylation is 1. The van der Waals surface area contributed by atoms with Crippen molar-refractivity contribution < 1.29 is 4.79 Å². The maximum atomic E-state index is 12.3. The molecule has 1 atom stereocenters. The van der Waals surface area contributed by atoms with Gasteiger partial charge in [-0.25, -0.2) is 9.78 Å². The average Bonchev–Trinajstić information content (AvgIpc) is 2.58. The van der Waals surface area contributed by atoms with E-state index in [2.05, 4.69) is 15.6 Å². The van der Waals surface area contributed by atoms with Gasteiger partial charge in [0.1, 0.15) is 11.3 Å². The lowest BCUT2D eigenvalue weighted by Gasteiger charge is -2.23. The highest BCUT2D eigenvalue weighted by Gasteiger charge is 2.18. The van der Waals surface area contributed by atoms with Crippen molar-refractivity contribution in [2.45, 2.75) is 18.9 Å². The summed E-state index contributed by atoms with van der Waals surface area (Å²) < 4.78 is 2.30. The smallest absolute Gasteiger partial charge is 0.332 e. The van der Waals surface area contributed by atoms with Gasteiger partial charge in [0.15, 0.2) is 0 Å². The number of aromatic nitrogens is 3. The first-order valence-corrected chi connectivity index (χ1v) is 7.57. The average molecular weight is 390 g/mol. The minimum atomic E-state index is -0.468. The van der Waals surface area contributed by atoms with Crippen LogP contribution in [0.2, 0.25) is 0 Å². The molecular formula is C15H21Cl2N5O3. The molecule has 3 rings (SSSR count). The summed E-state index contributed by atoms with van der Waals surface area (Å²) in [5, 5.41) is 6.46. The number of nitrogens with one attached hydrogen (secondary N) is 2. The van der Waals surface area contributed by atoms with Gasteiger partial charge >= 0.3 is 5.69 Å². The largest absolute Gasteiger partial charge is 0.347 e. The highest BCUT2D eigenvalue weighted by Crippen LogP contribution is 2.08. The van der Waals surface area contributed by atoms with E-state index in [4.69, 9.17) is 0 Å². The fraction of sp³-hybridized carbons (Fsp3) is 0.467. The molecule has 3 heterocycles. The molecule has 0 aromatic carbocycles. The normalized spacial score (nSPS) is 16.6. The second-order valence-corrected chi connectivity index (χ2v) is 5.79. The van der Waals surface area contributed by atoms with Crippen LogP contribution in [0.1, 0.15) is 23.3 Å². The molecule has 1 aliphatic heterocycles. The SMILES string of the molecule is Cl.Cl.Cn1c(=O)c2ccc(C(=O)N[C@H]3CCCNC3)nc2n(C)c1=O. The van der Waals surface area contributed by atoms with Gasteiger partial charge in [-0.15, -0.1) is 24.8 Å².